The fourth-order valence-electron chi connectivity index (χ4n) is 1.71. The van der Waals surface area contributed by atoms with Crippen LogP contribution in [-0.4, -0.2) is 18.4 Å². The number of esters is 1. The minimum absolute atomic E-state index is 0.0825. The first-order valence-electron chi connectivity index (χ1n) is 6.50. The number of nitrogens with one attached hydrogen (secondary N) is 1. The number of amides is 1. The van der Waals surface area contributed by atoms with Crippen LogP contribution in [0.3, 0.4) is 0 Å². The van der Waals surface area contributed by atoms with Gasteiger partial charge in [-0.05, 0) is 29.8 Å². The Morgan fingerprint density at radius 1 is 1.00 bits per heavy atom. The Morgan fingerprint density at radius 3 is 2.29 bits per heavy atom. The maximum Gasteiger partial charge on any atom is 0.338 e. The van der Waals surface area contributed by atoms with Gasteiger partial charge in [-0.1, -0.05) is 30.3 Å². The Balaban J connectivity index is 1.92. The zero-order valence-corrected chi connectivity index (χ0v) is 11.4. The summed E-state index contributed by atoms with van der Waals surface area (Å²) in [5, 5.41) is 2.60. The van der Waals surface area contributed by atoms with Gasteiger partial charge in [0.1, 0.15) is 6.61 Å². The normalized spacial score (nSPS) is 9.95. The standard InChI is InChI=1S/C16H16N2O3/c17-10-15(19)18-14-8-6-13(7-9-14)16(20)21-11-12-4-2-1-3-5-12/h1-9H,10-11,17H2,(H,18,19). The van der Waals surface area contributed by atoms with E-state index in [-0.39, 0.29) is 19.1 Å². The second-order valence-electron chi connectivity index (χ2n) is 4.39. The average Bonchev–Trinajstić information content (AvgIpc) is 2.54. The molecule has 21 heavy (non-hydrogen) atoms. The van der Waals surface area contributed by atoms with E-state index >= 15 is 0 Å². The molecule has 0 saturated carbocycles. The SMILES string of the molecule is NCC(=O)Nc1ccc(C(=O)OCc2ccccc2)cc1. The first kappa shape index (κ1) is 14.7. The first-order chi connectivity index (χ1) is 10.2. The Labute approximate surface area is 122 Å². The van der Waals surface area contributed by atoms with E-state index in [2.05, 4.69) is 5.32 Å². The van der Waals surface area contributed by atoms with Crippen LogP contribution in [0.2, 0.25) is 0 Å². The van der Waals surface area contributed by atoms with Crippen molar-refractivity contribution >= 4 is 17.6 Å². The van der Waals surface area contributed by atoms with Crippen LogP contribution >= 0.6 is 0 Å². The van der Waals surface area contributed by atoms with Crippen LogP contribution in [-0.2, 0) is 16.1 Å². The van der Waals surface area contributed by atoms with E-state index in [0.717, 1.165) is 5.56 Å². The third kappa shape index (κ3) is 4.43. The van der Waals surface area contributed by atoms with Crippen LogP contribution in [0.4, 0.5) is 5.69 Å². The Hall–Kier alpha value is -2.66. The minimum atomic E-state index is -0.407. The third-order valence-corrected chi connectivity index (χ3v) is 2.80. The molecule has 5 nitrogen and oxygen atoms in total. The van der Waals surface area contributed by atoms with Gasteiger partial charge in [0.2, 0.25) is 5.91 Å². The van der Waals surface area contributed by atoms with Gasteiger partial charge in [0.15, 0.2) is 0 Å². The Bertz CT molecular complexity index is 609. The molecule has 3 N–H and O–H groups in total. The van der Waals surface area contributed by atoms with Crippen LogP contribution in [0.1, 0.15) is 15.9 Å². The molecule has 2 rings (SSSR count). The summed E-state index contributed by atoms with van der Waals surface area (Å²) >= 11 is 0. The van der Waals surface area contributed by atoms with Crippen molar-refractivity contribution in [2.45, 2.75) is 6.61 Å². The highest BCUT2D eigenvalue weighted by atomic mass is 16.5. The first-order valence-corrected chi connectivity index (χ1v) is 6.50. The zero-order chi connectivity index (χ0) is 15.1. The smallest absolute Gasteiger partial charge is 0.338 e. The number of ether oxygens (including phenoxy) is 1. The van der Waals surface area contributed by atoms with E-state index < -0.39 is 5.97 Å². The summed E-state index contributed by atoms with van der Waals surface area (Å²) in [5.74, 6) is -0.690. The zero-order valence-electron chi connectivity index (χ0n) is 11.4. The second kappa shape index (κ2) is 7.21. The number of benzene rings is 2. The summed E-state index contributed by atoms with van der Waals surface area (Å²) in [5.41, 5.74) is 7.15. The molecular weight excluding hydrogens is 268 g/mol. The number of carbonyl (C=O) groups excluding carboxylic acids is 2. The maximum atomic E-state index is 11.9. The summed E-state index contributed by atoms with van der Waals surface area (Å²) < 4.78 is 5.21. The highest BCUT2D eigenvalue weighted by molar-refractivity contribution is 5.93. The second-order valence-corrected chi connectivity index (χ2v) is 4.39. The van der Waals surface area contributed by atoms with Crippen LogP contribution in [0.5, 0.6) is 0 Å². The molecular formula is C16H16N2O3. The van der Waals surface area contributed by atoms with Crippen molar-refractivity contribution in [1.82, 2.24) is 0 Å². The highest BCUT2D eigenvalue weighted by Gasteiger charge is 2.07. The van der Waals surface area contributed by atoms with Gasteiger partial charge in [0.05, 0.1) is 12.1 Å². The monoisotopic (exact) mass is 284 g/mol. The molecule has 0 aromatic heterocycles. The maximum absolute atomic E-state index is 11.9. The van der Waals surface area contributed by atoms with Crippen molar-refractivity contribution in [2.75, 3.05) is 11.9 Å². The fourth-order valence-corrected chi connectivity index (χ4v) is 1.71. The molecule has 0 fully saturated rings. The van der Waals surface area contributed by atoms with E-state index in [1.54, 1.807) is 24.3 Å². The molecule has 0 spiro atoms. The molecule has 2 aromatic rings. The number of hydrogen-bond acceptors (Lipinski definition) is 4. The van der Waals surface area contributed by atoms with Crippen molar-refractivity contribution in [2.24, 2.45) is 5.73 Å². The predicted octanol–water partition coefficient (Wildman–Crippen LogP) is 1.94. The van der Waals surface area contributed by atoms with Gasteiger partial charge in [-0.25, -0.2) is 4.79 Å². The Morgan fingerprint density at radius 2 is 1.67 bits per heavy atom. The number of nitrogens with two attached hydrogens (primary N) is 1. The lowest BCUT2D eigenvalue weighted by atomic mass is 10.2. The van der Waals surface area contributed by atoms with E-state index in [1.165, 1.54) is 0 Å². The summed E-state index contributed by atoms with van der Waals surface area (Å²) in [6.07, 6.45) is 0. The summed E-state index contributed by atoms with van der Waals surface area (Å²) in [7, 11) is 0. The average molecular weight is 284 g/mol. The molecule has 0 aliphatic rings. The van der Waals surface area contributed by atoms with Gasteiger partial charge >= 0.3 is 5.97 Å². The molecule has 0 unspecified atom stereocenters. The highest BCUT2D eigenvalue weighted by Crippen LogP contribution is 2.11. The minimum Gasteiger partial charge on any atom is -0.457 e. The molecule has 0 radical (unpaired) electrons. The molecule has 0 heterocycles. The lowest BCUT2D eigenvalue weighted by Crippen LogP contribution is -2.21. The number of carbonyl (C=O) groups is 2. The fraction of sp³-hybridized carbons (Fsp3) is 0.125. The van der Waals surface area contributed by atoms with E-state index in [1.807, 2.05) is 30.3 Å². The van der Waals surface area contributed by atoms with E-state index in [0.29, 0.717) is 11.3 Å². The lowest BCUT2D eigenvalue weighted by Gasteiger charge is -2.06. The van der Waals surface area contributed by atoms with Crippen molar-refractivity contribution in [1.29, 1.82) is 0 Å². The van der Waals surface area contributed by atoms with Crippen molar-refractivity contribution < 1.29 is 14.3 Å². The third-order valence-electron chi connectivity index (χ3n) is 2.80. The quantitative estimate of drug-likeness (QED) is 0.822. The molecule has 2 aromatic carbocycles. The van der Waals surface area contributed by atoms with Gasteiger partial charge in [-0.2, -0.15) is 0 Å². The summed E-state index contributed by atoms with van der Waals surface area (Å²) in [6, 6.07) is 15.9. The predicted molar refractivity (Wildman–Crippen MR) is 79.7 cm³/mol. The largest absolute Gasteiger partial charge is 0.457 e. The number of hydrogen-bond donors (Lipinski definition) is 2. The van der Waals surface area contributed by atoms with Crippen LogP contribution in [0.25, 0.3) is 0 Å². The molecule has 0 aliphatic carbocycles. The molecule has 108 valence electrons. The topological polar surface area (TPSA) is 81.4 Å². The Kier molecular flexibility index (Phi) is 5.06. The molecule has 0 aliphatic heterocycles. The lowest BCUT2D eigenvalue weighted by molar-refractivity contribution is -0.114. The molecule has 1 amide bonds. The number of rotatable bonds is 5. The van der Waals surface area contributed by atoms with Crippen LogP contribution in [0.15, 0.2) is 54.6 Å². The van der Waals surface area contributed by atoms with Gasteiger partial charge in [0.25, 0.3) is 0 Å². The number of anilines is 1. The molecule has 0 atom stereocenters. The van der Waals surface area contributed by atoms with Gasteiger partial charge in [0, 0.05) is 5.69 Å². The van der Waals surface area contributed by atoms with Gasteiger partial charge < -0.3 is 15.8 Å². The van der Waals surface area contributed by atoms with E-state index in [9.17, 15) is 9.59 Å². The van der Waals surface area contributed by atoms with Gasteiger partial charge in [-0.3, -0.25) is 4.79 Å². The van der Waals surface area contributed by atoms with Crippen LogP contribution < -0.4 is 11.1 Å². The van der Waals surface area contributed by atoms with E-state index in [4.69, 9.17) is 10.5 Å². The van der Waals surface area contributed by atoms with Crippen molar-refractivity contribution in [3.63, 3.8) is 0 Å². The molecule has 0 bridgehead atoms. The molecule has 0 saturated heterocycles. The molecule has 5 heteroatoms. The van der Waals surface area contributed by atoms with Crippen molar-refractivity contribution in [3.05, 3.63) is 65.7 Å². The van der Waals surface area contributed by atoms with Crippen LogP contribution in [0, 0.1) is 0 Å². The summed E-state index contributed by atoms with van der Waals surface area (Å²) in [4.78, 5) is 23.0. The van der Waals surface area contributed by atoms with Crippen molar-refractivity contribution in [3.8, 4) is 0 Å². The summed E-state index contributed by atoms with van der Waals surface area (Å²) in [6.45, 7) is 0.145. The van der Waals surface area contributed by atoms with Gasteiger partial charge in [-0.15, -0.1) is 0 Å².